The Bertz CT molecular complexity index is 868. The predicted octanol–water partition coefficient (Wildman–Crippen LogP) is 4.27. The van der Waals surface area contributed by atoms with E-state index < -0.39 is 11.9 Å². The molecule has 0 aliphatic carbocycles. The third-order valence-corrected chi connectivity index (χ3v) is 3.97. The van der Waals surface area contributed by atoms with Gasteiger partial charge < -0.3 is 14.5 Å². The molecular weight excluding hydrogens is 330 g/mol. The molecular formula is C17H16ClN3O3. The molecule has 0 spiro atoms. The maximum atomic E-state index is 11.6. The summed E-state index contributed by atoms with van der Waals surface area (Å²) < 4.78 is 5.81. The van der Waals surface area contributed by atoms with Gasteiger partial charge in [-0.05, 0) is 25.5 Å². The van der Waals surface area contributed by atoms with E-state index in [2.05, 4.69) is 15.0 Å². The molecule has 0 saturated carbocycles. The number of aromatic nitrogens is 3. The zero-order valence-electron chi connectivity index (χ0n) is 13.2. The largest absolute Gasteiger partial charge is 0.481 e. The number of benzene rings is 1. The fourth-order valence-electron chi connectivity index (χ4n) is 2.49. The average Bonchev–Trinajstić information content (AvgIpc) is 3.15. The first kappa shape index (κ1) is 16.3. The molecule has 1 unspecified atom stereocenters. The summed E-state index contributed by atoms with van der Waals surface area (Å²) in [5.41, 5.74) is 1.78. The van der Waals surface area contributed by atoms with Gasteiger partial charge in [-0.25, -0.2) is 9.97 Å². The lowest BCUT2D eigenvalue weighted by Crippen LogP contribution is -2.10. The summed E-state index contributed by atoms with van der Waals surface area (Å²) in [5.74, 6) is -0.393. The molecule has 24 heavy (non-hydrogen) atoms. The molecule has 0 bridgehead atoms. The molecule has 0 aliphatic heterocycles. The molecule has 3 rings (SSSR count). The molecule has 0 aliphatic rings. The van der Waals surface area contributed by atoms with Crippen LogP contribution in [0.25, 0.3) is 22.8 Å². The van der Waals surface area contributed by atoms with E-state index in [4.69, 9.17) is 16.0 Å². The number of imidazole rings is 1. The normalized spacial score (nSPS) is 12.3. The minimum atomic E-state index is -0.950. The number of nitrogens with one attached hydrogen (secondary N) is 1. The Balaban J connectivity index is 2.15. The smallest absolute Gasteiger partial charge is 0.314 e. The van der Waals surface area contributed by atoms with Crippen LogP contribution in [0.1, 0.15) is 30.8 Å². The van der Waals surface area contributed by atoms with Crippen LogP contribution < -0.4 is 0 Å². The van der Waals surface area contributed by atoms with E-state index in [0.717, 1.165) is 11.4 Å². The molecule has 2 N–H and O–H groups in total. The molecule has 2 aromatic heterocycles. The fraction of sp³-hybridized carbons (Fsp3) is 0.235. The van der Waals surface area contributed by atoms with E-state index >= 15 is 0 Å². The van der Waals surface area contributed by atoms with Crippen LogP contribution in [0.4, 0.5) is 0 Å². The Morgan fingerprint density at radius 3 is 2.58 bits per heavy atom. The summed E-state index contributed by atoms with van der Waals surface area (Å²) in [5, 5.41) is 10.1. The number of carbonyl (C=O) groups is 1. The minimum absolute atomic E-state index is 0.291. The van der Waals surface area contributed by atoms with Crippen molar-refractivity contribution in [1.82, 2.24) is 15.0 Å². The Morgan fingerprint density at radius 2 is 2.04 bits per heavy atom. The average molecular weight is 346 g/mol. The topological polar surface area (TPSA) is 92.0 Å². The van der Waals surface area contributed by atoms with Crippen LogP contribution in [0.2, 0.25) is 5.02 Å². The monoisotopic (exact) mass is 345 g/mol. The maximum Gasteiger partial charge on any atom is 0.314 e. The summed E-state index contributed by atoms with van der Waals surface area (Å²) >= 11 is 5.93. The van der Waals surface area contributed by atoms with Gasteiger partial charge in [0.15, 0.2) is 0 Å². The van der Waals surface area contributed by atoms with Crippen LogP contribution in [0, 0.1) is 6.92 Å². The highest BCUT2D eigenvalue weighted by Crippen LogP contribution is 2.35. The van der Waals surface area contributed by atoms with Gasteiger partial charge in [-0.1, -0.05) is 30.7 Å². The number of H-pyrrole nitrogens is 1. The number of hydrogen-bond donors (Lipinski definition) is 2. The van der Waals surface area contributed by atoms with E-state index in [9.17, 15) is 9.90 Å². The Kier molecular flexibility index (Phi) is 4.40. The van der Waals surface area contributed by atoms with Crippen LogP contribution in [-0.2, 0) is 4.79 Å². The SMILES string of the molecule is CCC(C(=O)O)c1oc(-c2c[nH]c(C)n2)nc1-c1ccc(Cl)cc1. The van der Waals surface area contributed by atoms with Crippen molar-refractivity contribution in [2.24, 2.45) is 0 Å². The molecule has 0 amide bonds. The molecule has 6 nitrogen and oxygen atoms in total. The molecule has 0 fully saturated rings. The van der Waals surface area contributed by atoms with Crippen molar-refractivity contribution < 1.29 is 14.3 Å². The minimum Gasteiger partial charge on any atom is -0.481 e. The van der Waals surface area contributed by atoms with Gasteiger partial charge in [0, 0.05) is 16.8 Å². The molecule has 7 heteroatoms. The number of aliphatic carboxylic acids is 1. The highest BCUT2D eigenvalue weighted by Gasteiger charge is 2.28. The van der Waals surface area contributed by atoms with Crippen molar-refractivity contribution >= 4 is 17.6 Å². The van der Waals surface area contributed by atoms with Gasteiger partial charge >= 0.3 is 5.97 Å². The molecule has 124 valence electrons. The molecule has 0 saturated heterocycles. The maximum absolute atomic E-state index is 11.6. The van der Waals surface area contributed by atoms with Crippen LogP contribution in [0.15, 0.2) is 34.9 Å². The van der Waals surface area contributed by atoms with E-state index in [-0.39, 0.29) is 0 Å². The summed E-state index contributed by atoms with van der Waals surface area (Å²) in [6.07, 6.45) is 2.07. The molecule has 2 heterocycles. The van der Waals surface area contributed by atoms with Crippen LogP contribution in [0.5, 0.6) is 0 Å². The molecule has 1 aromatic carbocycles. The van der Waals surface area contributed by atoms with Gasteiger partial charge in [-0.15, -0.1) is 0 Å². The quantitative estimate of drug-likeness (QED) is 0.720. The highest BCUT2D eigenvalue weighted by molar-refractivity contribution is 6.30. The second-order valence-electron chi connectivity index (χ2n) is 5.41. The lowest BCUT2D eigenvalue weighted by Gasteiger charge is -2.08. The van der Waals surface area contributed by atoms with Crippen LogP contribution >= 0.6 is 11.6 Å². The third kappa shape index (κ3) is 3.05. The zero-order valence-corrected chi connectivity index (χ0v) is 14.0. The molecule has 0 radical (unpaired) electrons. The predicted molar refractivity (Wildman–Crippen MR) is 89.9 cm³/mol. The Hall–Kier alpha value is -2.60. The first-order chi connectivity index (χ1) is 11.5. The summed E-state index contributed by atoms with van der Waals surface area (Å²) in [6.45, 7) is 3.62. The van der Waals surface area contributed by atoms with Crippen molar-refractivity contribution in [3.05, 3.63) is 47.1 Å². The number of nitrogens with zero attached hydrogens (tertiary/aromatic N) is 2. The zero-order chi connectivity index (χ0) is 17.3. The fourth-order valence-corrected chi connectivity index (χ4v) is 2.62. The lowest BCUT2D eigenvalue weighted by atomic mass is 9.99. The number of aryl methyl sites for hydroxylation is 1. The summed E-state index contributed by atoms with van der Waals surface area (Å²) in [7, 11) is 0. The van der Waals surface area contributed by atoms with Gasteiger partial charge in [-0.3, -0.25) is 4.79 Å². The number of carboxylic acids is 1. The molecule has 3 aromatic rings. The highest BCUT2D eigenvalue weighted by atomic mass is 35.5. The van der Waals surface area contributed by atoms with Crippen molar-refractivity contribution in [2.75, 3.05) is 0 Å². The second kappa shape index (κ2) is 6.49. The van der Waals surface area contributed by atoms with Crippen molar-refractivity contribution in [2.45, 2.75) is 26.2 Å². The third-order valence-electron chi connectivity index (χ3n) is 3.72. The van der Waals surface area contributed by atoms with Crippen molar-refractivity contribution in [3.8, 4) is 22.8 Å². The van der Waals surface area contributed by atoms with E-state index in [1.165, 1.54) is 0 Å². The van der Waals surface area contributed by atoms with Crippen molar-refractivity contribution in [3.63, 3.8) is 0 Å². The number of carboxylic acid groups (broad SMARTS) is 1. The van der Waals surface area contributed by atoms with Crippen molar-refractivity contribution in [1.29, 1.82) is 0 Å². The van der Waals surface area contributed by atoms with Gasteiger partial charge in [0.05, 0.1) is 0 Å². The number of hydrogen-bond acceptors (Lipinski definition) is 4. The van der Waals surface area contributed by atoms with E-state index in [1.807, 2.05) is 6.92 Å². The molecule has 1 atom stereocenters. The van der Waals surface area contributed by atoms with Gasteiger partial charge in [0.1, 0.15) is 28.9 Å². The second-order valence-corrected chi connectivity index (χ2v) is 5.85. The first-order valence-corrected chi connectivity index (χ1v) is 7.89. The Labute approximate surface area is 143 Å². The van der Waals surface area contributed by atoms with E-state index in [1.54, 1.807) is 37.4 Å². The number of rotatable bonds is 5. The van der Waals surface area contributed by atoms with E-state index in [0.29, 0.717) is 34.5 Å². The standard InChI is InChI=1S/C17H16ClN3O3/c1-3-12(17(22)23)15-14(10-4-6-11(18)7-5-10)21-16(24-15)13-8-19-9(2)20-13/h4-8,12H,3H2,1-2H3,(H,19,20)(H,22,23). The summed E-state index contributed by atoms with van der Waals surface area (Å²) in [6, 6.07) is 7.04. The van der Waals surface area contributed by atoms with Gasteiger partial charge in [0.2, 0.25) is 5.89 Å². The number of oxazole rings is 1. The van der Waals surface area contributed by atoms with Crippen LogP contribution in [0.3, 0.4) is 0 Å². The first-order valence-electron chi connectivity index (χ1n) is 7.51. The Morgan fingerprint density at radius 1 is 1.33 bits per heavy atom. The van der Waals surface area contributed by atoms with Crippen LogP contribution in [-0.4, -0.2) is 26.0 Å². The lowest BCUT2D eigenvalue weighted by molar-refractivity contribution is -0.139. The summed E-state index contributed by atoms with van der Waals surface area (Å²) in [4.78, 5) is 23.3. The number of aromatic amines is 1. The number of halogens is 1. The van der Waals surface area contributed by atoms with Gasteiger partial charge in [-0.2, -0.15) is 0 Å². The van der Waals surface area contributed by atoms with Gasteiger partial charge in [0.25, 0.3) is 0 Å².